The highest BCUT2D eigenvalue weighted by Crippen LogP contribution is 2.05. The highest BCUT2D eigenvalue weighted by molar-refractivity contribution is 8.13. The van der Waals surface area contributed by atoms with Crippen molar-refractivity contribution in [3.05, 3.63) is 30.0 Å². The lowest BCUT2D eigenvalue weighted by molar-refractivity contribution is -0.109. The van der Waals surface area contributed by atoms with Crippen LogP contribution in [0.2, 0.25) is 0 Å². The Morgan fingerprint density at radius 3 is 3.07 bits per heavy atom. The third-order valence-corrected chi connectivity index (χ3v) is 2.23. The number of hydrogen-bond acceptors (Lipinski definition) is 4. The molecule has 0 saturated carbocycles. The Kier molecular flexibility index (Phi) is 4.19. The lowest BCUT2D eigenvalue weighted by Gasteiger charge is -1.94. The third-order valence-electron chi connectivity index (χ3n) is 1.46. The topological polar surface area (TPSA) is 56.0 Å². The first kappa shape index (κ1) is 10.8. The lowest BCUT2D eigenvalue weighted by atomic mass is 10.3. The van der Waals surface area contributed by atoms with Crippen LogP contribution in [0.25, 0.3) is 6.08 Å². The van der Waals surface area contributed by atoms with E-state index in [4.69, 9.17) is 5.73 Å². The summed E-state index contributed by atoms with van der Waals surface area (Å²) in [6.45, 7) is 1.55. The number of rotatable bonds is 3. The number of nitrogens with zero attached hydrogens (tertiary/aromatic N) is 1. The maximum Gasteiger partial charge on any atom is 0.186 e. The van der Waals surface area contributed by atoms with Crippen molar-refractivity contribution < 1.29 is 4.79 Å². The van der Waals surface area contributed by atoms with Crippen LogP contribution in [-0.2, 0) is 4.79 Å². The van der Waals surface area contributed by atoms with Gasteiger partial charge in [0.05, 0.1) is 5.69 Å². The Bertz CT molecular complexity index is 350. The quantitative estimate of drug-likeness (QED) is 0.825. The first-order valence-electron chi connectivity index (χ1n) is 4.21. The monoisotopic (exact) mass is 208 g/mol. The number of pyridine rings is 1. The van der Waals surface area contributed by atoms with Crippen molar-refractivity contribution in [1.82, 2.24) is 4.98 Å². The summed E-state index contributed by atoms with van der Waals surface area (Å²) < 4.78 is 0. The standard InChI is InChI=1S/C10H12N2OS/c1-8(13)14-7-3-5-9-4-2-6-10(11)12-9/h2-6H,7H2,1H3,(H2,11,12). The summed E-state index contributed by atoms with van der Waals surface area (Å²) in [5, 5.41) is 0.121. The van der Waals surface area contributed by atoms with Gasteiger partial charge in [0.15, 0.2) is 5.12 Å². The Labute approximate surface area is 87.4 Å². The van der Waals surface area contributed by atoms with Gasteiger partial charge in [-0.2, -0.15) is 0 Å². The third kappa shape index (κ3) is 4.09. The number of nitrogen functional groups attached to an aromatic ring is 1. The number of hydrogen-bond donors (Lipinski definition) is 1. The number of carbonyl (C=O) groups excluding carboxylic acids is 1. The minimum Gasteiger partial charge on any atom is -0.384 e. The Morgan fingerprint density at radius 2 is 2.43 bits per heavy atom. The average molecular weight is 208 g/mol. The van der Waals surface area contributed by atoms with E-state index in [0.717, 1.165) is 5.69 Å². The van der Waals surface area contributed by atoms with Crippen LogP contribution in [0.4, 0.5) is 5.82 Å². The molecule has 2 N–H and O–H groups in total. The molecule has 0 atom stereocenters. The van der Waals surface area contributed by atoms with Crippen LogP contribution in [0.15, 0.2) is 24.3 Å². The highest BCUT2D eigenvalue weighted by atomic mass is 32.2. The molecular formula is C10H12N2OS. The molecule has 0 aliphatic heterocycles. The Morgan fingerprint density at radius 1 is 1.64 bits per heavy atom. The van der Waals surface area contributed by atoms with E-state index in [9.17, 15) is 4.79 Å². The van der Waals surface area contributed by atoms with Gasteiger partial charge in [-0.3, -0.25) is 4.79 Å². The van der Waals surface area contributed by atoms with Crippen LogP contribution in [0, 0.1) is 0 Å². The molecule has 0 fully saturated rings. The van der Waals surface area contributed by atoms with Crippen molar-refractivity contribution in [3.63, 3.8) is 0 Å². The number of carbonyl (C=O) groups is 1. The van der Waals surface area contributed by atoms with Crippen molar-refractivity contribution in [2.24, 2.45) is 0 Å². The first-order chi connectivity index (χ1) is 6.68. The van der Waals surface area contributed by atoms with Gasteiger partial charge in [0.1, 0.15) is 5.82 Å². The molecule has 0 aliphatic rings. The van der Waals surface area contributed by atoms with E-state index in [1.54, 1.807) is 13.0 Å². The Hall–Kier alpha value is -1.29. The molecule has 3 nitrogen and oxygen atoms in total. The summed E-state index contributed by atoms with van der Waals surface area (Å²) in [4.78, 5) is 14.7. The maximum atomic E-state index is 10.6. The van der Waals surface area contributed by atoms with Gasteiger partial charge in [-0.1, -0.05) is 23.9 Å². The van der Waals surface area contributed by atoms with Crippen molar-refractivity contribution in [2.45, 2.75) is 6.92 Å². The molecule has 0 aromatic carbocycles. The highest BCUT2D eigenvalue weighted by Gasteiger charge is 1.91. The van der Waals surface area contributed by atoms with Crippen molar-refractivity contribution in [2.75, 3.05) is 11.5 Å². The van der Waals surface area contributed by atoms with Gasteiger partial charge in [-0.15, -0.1) is 0 Å². The summed E-state index contributed by atoms with van der Waals surface area (Å²) in [7, 11) is 0. The molecule has 14 heavy (non-hydrogen) atoms. The SMILES string of the molecule is CC(=O)SCC=Cc1cccc(N)n1. The van der Waals surface area contributed by atoms with E-state index in [1.165, 1.54) is 11.8 Å². The summed E-state index contributed by atoms with van der Waals surface area (Å²) in [5.74, 6) is 1.18. The molecule has 0 unspecified atom stereocenters. The molecular weight excluding hydrogens is 196 g/mol. The molecule has 1 rings (SSSR count). The van der Waals surface area contributed by atoms with E-state index in [-0.39, 0.29) is 5.12 Å². The van der Waals surface area contributed by atoms with E-state index in [0.29, 0.717) is 11.6 Å². The van der Waals surface area contributed by atoms with E-state index in [2.05, 4.69) is 4.98 Å². The van der Waals surface area contributed by atoms with Gasteiger partial charge in [0, 0.05) is 12.7 Å². The summed E-state index contributed by atoms with van der Waals surface area (Å²) in [6, 6.07) is 5.45. The van der Waals surface area contributed by atoms with E-state index < -0.39 is 0 Å². The lowest BCUT2D eigenvalue weighted by Crippen LogP contribution is -1.90. The molecule has 74 valence electrons. The Balaban J connectivity index is 2.47. The van der Waals surface area contributed by atoms with Crippen LogP contribution >= 0.6 is 11.8 Å². The van der Waals surface area contributed by atoms with Gasteiger partial charge >= 0.3 is 0 Å². The molecule has 0 bridgehead atoms. The van der Waals surface area contributed by atoms with E-state index in [1.807, 2.05) is 24.3 Å². The molecule has 1 heterocycles. The minimum absolute atomic E-state index is 0.121. The molecule has 0 radical (unpaired) electrons. The molecule has 1 aromatic rings. The zero-order chi connectivity index (χ0) is 10.4. The molecule has 0 saturated heterocycles. The fourth-order valence-electron chi connectivity index (χ4n) is 0.896. The predicted molar refractivity (Wildman–Crippen MR) is 60.8 cm³/mol. The largest absolute Gasteiger partial charge is 0.384 e. The zero-order valence-electron chi connectivity index (χ0n) is 7.93. The molecule has 0 aliphatic carbocycles. The van der Waals surface area contributed by atoms with Gasteiger partial charge in [-0.05, 0) is 18.2 Å². The summed E-state index contributed by atoms with van der Waals surface area (Å²) in [5.41, 5.74) is 6.32. The van der Waals surface area contributed by atoms with Gasteiger partial charge in [0.25, 0.3) is 0 Å². The van der Waals surface area contributed by atoms with Gasteiger partial charge < -0.3 is 5.73 Å². The molecule has 1 aromatic heterocycles. The normalized spacial score (nSPS) is 10.6. The second-order valence-corrected chi connectivity index (χ2v) is 3.89. The van der Waals surface area contributed by atoms with Crippen molar-refractivity contribution in [3.8, 4) is 0 Å². The van der Waals surface area contributed by atoms with Crippen molar-refractivity contribution >= 4 is 28.8 Å². The van der Waals surface area contributed by atoms with Crippen molar-refractivity contribution in [1.29, 1.82) is 0 Å². The van der Waals surface area contributed by atoms with E-state index >= 15 is 0 Å². The summed E-state index contributed by atoms with van der Waals surface area (Å²) in [6.07, 6.45) is 3.75. The van der Waals surface area contributed by atoms with Crippen LogP contribution in [0.5, 0.6) is 0 Å². The smallest absolute Gasteiger partial charge is 0.186 e. The number of anilines is 1. The van der Waals surface area contributed by atoms with Crippen LogP contribution < -0.4 is 5.73 Å². The van der Waals surface area contributed by atoms with Gasteiger partial charge in [0.2, 0.25) is 0 Å². The number of nitrogens with two attached hydrogens (primary N) is 1. The van der Waals surface area contributed by atoms with Crippen LogP contribution in [0.1, 0.15) is 12.6 Å². The summed E-state index contributed by atoms with van der Waals surface area (Å²) >= 11 is 1.27. The molecule has 0 amide bonds. The zero-order valence-corrected chi connectivity index (χ0v) is 8.75. The second-order valence-electron chi connectivity index (χ2n) is 2.69. The molecule has 4 heteroatoms. The van der Waals surface area contributed by atoms with Gasteiger partial charge in [-0.25, -0.2) is 4.98 Å². The maximum absolute atomic E-state index is 10.6. The number of aromatic nitrogens is 1. The fourth-order valence-corrected chi connectivity index (χ4v) is 1.32. The molecule has 0 spiro atoms. The second kappa shape index (κ2) is 5.44. The minimum atomic E-state index is 0.121. The number of thioether (sulfide) groups is 1. The predicted octanol–water partition coefficient (Wildman–Crippen LogP) is 1.96. The average Bonchev–Trinajstić information content (AvgIpc) is 2.12. The van der Waals surface area contributed by atoms with Crippen LogP contribution in [0.3, 0.4) is 0 Å². The van der Waals surface area contributed by atoms with Crippen LogP contribution in [-0.4, -0.2) is 15.9 Å². The first-order valence-corrected chi connectivity index (χ1v) is 5.19. The fraction of sp³-hybridized carbons (Fsp3) is 0.200.